The maximum absolute atomic E-state index is 11.3. The van der Waals surface area contributed by atoms with Gasteiger partial charge in [0.2, 0.25) is 0 Å². The van der Waals surface area contributed by atoms with Crippen LogP contribution in [0.2, 0.25) is 0 Å². The van der Waals surface area contributed by atoms with E-state index in [-0.39, 0.29) is 5.69 Å². The standard InChI is InChI=1S/C19H23N3O4S/c1-25-17-12-15(16(22(23)24)13-18(17)26-2)9-11-21-19(27)20-10-8-14-6-4-3-5-7-14/h3-7,12-13H,8-11H2,1-2H3,(H2,20,21,27). The first-order chi connectivity index (χ1) is 13.0. The van der Waals surface area contributed by atoms with Crippen LogP contribution in [0.5, 0.6) is 11.5 Å². The second kappa shape index (κ2) is 10.3. The van der Waals surface area contributed by atoms with Gasteiger partial charge in [-0.25, -0.2) is 0 Å². The summed E-state index contributed by atoms with van der Waals surface area (Å²) in [5.74, 6) is 0.792. The highest BCUT2D eigenvalue weighted by Crippen LogP contribution is 2.34. The SMILES string of the molecule is COc1cc(CCNC(=S)NCCc2ccccc2)c([N+](=O)[O-])cc1OC. The third-order valence-electron chi connectivity index (χ3n) is 4.00. The number of nitro benzene ring substituents is 1. The molecule has 0 radical (unpaired) electrons. The molecule has 0 fully saturated rings. The summed E-state index contributed by atoms with van der Waals surface area (Å²) in [6.07, 6.45) is 1.29. The van der Waals surface area contributed by atoms with Gasteiger partial charge >= 0.3 is 0 Å². The van der Waals surface area contributed by atoms with Crippen molar-refractivity contribution in [2.24, 2.45) is 0 Å². The van der Waals surface area contributed by atoms with E-state index < -0.39 is 4.92 Å². The largest absolute Gasteiger partial charge is 0.493 e. The number of nitro groups is 1. The van der Waals surface area contributed by atoms with Crippen molar-refractivity contribution in [1.82, 2.24) is 10.6 Å². The molecule has 0 aromatic heterocycles. The number of hydrogen-bond acceptors (Lipinski definition) is 5. The predicted octanol–water partition coefficient (Wildman–Crippen LogP) is 2.86. The Bertz CT molecular complexity index is 784. The van der Waals surface area contributed by atoms with Crippen molar-refractivity contribution < 1.29 is 14.4 Å². The number of nitrogens with zero attached hydrogens (tertiary/aromatic N) is 1. The van der Waals surface area contributed by atoms with Gasteiger partial charge in [-0.15, -0.1) is 0 Å². The molecule has 0 bridgehead atoms. The van der Waals surface area contributed by atoms with Crippen molar-refractivity contribution in [1.29, 1.82) is 0 Å². The lowest BCUT2D eigenvalue weighted by atomic mass is 10.1. The summed E-state index contributed by atoms with van der Waals surface area (Å²) in [6, 6.07) is 13.1. The van der Waals surface area contributed by atoms with Crippen molar-refractivity contribution in [2.45, 2.75) is 12.8 Å². The lowest BCUT2D eigenvalue weighted by molar-refractivity contribution is -0.385. The maximum Gasteiger partial charge on any atom is 0.276 e. The van der Waals surface area contributed by atoms with Crippen LogP contribution in [0.15, 0.2) is 42.5 Å². The van der Waals surface area contributed by atoms with Gasteiger partial charge in [-0.3, -0.25) is 10.1 Å². The van der Waals surface area contributed by atoms with Gasteiger partial charge in [-0.05, 0) is 36.7 Å². The molecule has 2 N–H and O–H groups in total. The van der Waals surface area contributed by atoms with Crippen LogP contribution in [0.1, 0.15) is 11.1 Å². The van der Waals surface area contributed by atoms with Crippen LogP contribution >= 0.6 is 12.2 Å². The molecule has 2 rings (SSSR count). The van der Waals surface area contributed by atoms with Crippen LogP contribution in [0, 0.1) is 10.1 Å². The molecule has 27 heavy (non-hydrogen) atoms. The Morgan fingerprint density at radius 1 is 1.04 bits per heavy atom. The molecule has 0 aliphatic heterocycles. The Kier molecular flexibility index (Phi) is 7.81. The first kappa shape index (κ1) is 20.4. The lowest BCUT2D eigenvalue weighted by Gasteiger charge is -2.12. The van der Waals surface area contributed by atoms with Gasteiger partial charge in [0.1, 0.15) is 0 Å². The fourth-order valence-corrected chi connectivity index (χ4v) is 2.82. The molecular weight excluding hydrogens is 366 g/mol. The number of nitrogens with one attached hydrogen (secondary N) is 2. The van der Waals surface area contributed by atoms with Gasteiger partial charge in [-0.2, -0.15) is 0 Å². The van der Waals surface area contributed by atoms with Gasteiger partial charge in [0.05, 0.1) is 25.2 Å². The van der Waals surface area contributed by atoms with E-state index in [0.29, 0.717) is 41.7 Å². The van der Waals surface area contributed by atoms with Crippen molar-refractivity contribution in [3.8, 4) is 11.5 Å². The normalized spacial score (nSPS) is 10.1. The first-order valence-corrected chi connectivity index (χ1v) is 8.91. The minimum absolute atomic E-state index is 0.00240. The summed E-state index contributed by atoms with van der Waals surface area (Å²) in [5.41, 5.74) is 1.78. The fourth-order valence-electron chi connectivity index (χ4n) is 2.62. The van der Waals surface area contributed by atoms with Gasteiger partial charge in [0.15, 0.2) is 16.6 Å². The molecule has 7 nitrogen and oxygen atoms in total. The first-order valence-electron chi connectivity index (χ1n) is 8.50. The molecule has 144 valence electrons. The zero-order valence-corrected chi connectivity index (χ0v) is 16.2. The molecule has 0 heterocycles. The maximum atomic E-state index is 11.3. The summed E-state index contributed by atoms with van der Waals surface area (Å²) in [4.78, 5) is 10.9. The summed E-state index contributed by atoms with van der Waals surface area (Å²) in [6.45, 7) is 1.18. The molecular formula is C19H23N3O4S. The molecule has 8 heteroatoms. The number of ether oxygens (including phenoxy) is 2. The highest BCUT2D eigenvalue weighted by Gasteiger charge is 2.19. The Morgan fingerprint density at radius 2 is 1.63 bits per heavy atom. The molecule has 2 aromatic rings. The average molecular weight is 389 g/mol. The number of hydrogen-bond donors (Lipinski definition) is 2. The summed E-state index contributed by atoms with van der Waals surface area (Å²) in [7, 11) is 2.94. The van der Waals surface area contributed by atoms with E-state index in [0.717, 1.165) is 6.42 Å². The van der Waals surface area contributed by atoms with E-state index in [2.05, 4.69) is 22.8 Å². The van der Waals surface area contributed by atoms with Gasteiger partial charge in [-0.1, -0.05) is 30.3 Å². The topological polar surface area (TPSA) is 85.7 Å². The van der Waals surface area contributed by atoms with Crippen LogP contribution in [-0.4, -0.2) is 37.3 Å². The van der Waals surface area contributed by atoms with E-state index >= 15 is 0 Å². The Hall–Kier alpha value is -2.87. The Labute approximate surface area is 163 Å². The minimum Gasteiger partial charge on any atom is -0.493 e. The van der Waals surface area contributed by atoms with E-state index in [1.54, 1.807) is 6.07 Å². The third kappa shape index (κ3) is 6.10. The molecule has 0 atom stereocenters. The van der Waals surface area contributed by atoms with E-state index in [1.807, 2.05) is 18.2 Å². The monoisotopic (exact) mass is 389 g/mol. The number of methoxy groups -OCH3 is 2. The third-order valence-corrected chi connectivity index (χ3v) is 4.29. The highest BCUT2D eigenvalue weighted by atomic mass is 32.1. The average Bonchev–Trinajstić information content (AvgIpc) is 2.68. The smallest absolute Gasteiger partial charge is 0.276 e. The number of benzene rings is 2. The molecule has 0 saturated heterocycles. The van der Waals surface area contributed by atoms with Crippen molar-refractivity contribution in [3.63, 3.8) is 0 Å². The van der Waals surface area contributed by atoms with E-state index in [1.165, 1.54) is 25.8 Å². The van der Waals surface area contributed by atoms with E-state index in [4.69, 9.17) is 21.7 Å². The lowest BCUT2D eigenvalue weighted by Crippen LogP contribution is -2.37. The second-order valence-electron chi connectivity index (χ2n) is 5.76. The fraction of sp³-hybridized carbons (Fsp3) is 0.316. The van der Waals surface area contributed by atoms with Gasteiger partial charge in [0.25, 0.3) is 5.69 Å². The Balaban J connectivity index is 1.86. The summed E-state index contributed by atoms with van der Waals surface area (Å²) < 4.78 is 10.4. The quantitative estimate of drug-likeness (QED) is 0.387. The zero-order valence-electron chi connectivity index (χ0n) is 15.4. The summed E-state index contributed by atoms with van der Waals surface area (Å²) in [5, 5.41) is 18.0. The minimum atomic E-state index is -0.423. The van der Waals surface area contributed by atoms with Gasteiger partial charge in [0, 0.05) is 18.7 Å². The number of thiocarbonyl (C=S) groups is 1. The highest BCUT2D eigenvalue weighted by molar-refractivity contribution is 7.80. The molecule has 0 saturated carbocycles. The van der Waals surface area contributed by atoms with Crippen molar-refractivity contribution in [2.75, 3.05) is 27.3 Å². The van der Waals surface area contributed by atoms with Crippen LogP contribution in [-0.2, 0) is 12.8 Å². The molecule has 0 aliphatic carbocycles. The molecule has 0 aliphatic rings. The second-order valence-corrected chi connectivity index (χ2v) is 6.17. The summed E-state index contributed by atoms with van der Waals surface area (Å²) >= 11 is 5.26. The van der Waals surface area contributed by atoms with Crippen LogP contribution in [0.4, 0.5) is 5.69 Å². The molecule has 2 aromatic carbocycles. The van der Waals surface area contributed by atoms with E-state index in [9.17, 15) is 10.1 Å². The zero-order chi connectivity index (χ0) is 19.6. The van der Waals surface area contributed by atoms with Crippen LogP contribution in [0.3, 0.4) is 0 Å². The van der Waals surface area contributed by atoms with Crippen LogP contribution in [0.25, 0.3) is 0 Å². The van der Waals surface area contributed by atoms with Gasteiger partial charge < -0.3 is 20.1 Å². The van der Waals surface area contributed by atoms with Crippen molar-refractivity contribution >= 4 is 23.0 Å². The molecule has 0 unspecified atom stereocenters. The van der Waals surface area contributed by atoms with Crippen LogP contribution < -0.4 is 20.1 Å². The van der Waals surface area contributed by atoms with Crippen molar-refractivity contribution in [3.05, 3.63) is 63.7 Å². The molecule has 0 spiro atoms. The predicted molar refractivity (Wildman–Crippen MR) is 109 cm³/mol. The number of rotatable bonds is 9. The molecule has 0 amide bonds. The Morgan fingerprint density at radius 3 is 2.22 bits per heavy atom.